The highest BCUT2D eigenvalue weighted by molar-refractivity contribution is 7.99. The van der Waals surface area contributed by atoms with Gasteiger partial charge < -0.3 is 0 Å². The molecule has 1 aromatic heterocycles. The first-order valence-electron chi connectivity index (χ1n) is 4.99. The number of aromatic nitrogens is 2. The maximum atomic E-state index is 11.4. The quantitative estimate of drug-likeness (QED) is 0.474. The molecule has 1 unspecified atom stereocenters. The molecular weight excluding hydrogens is 226 g/mol. The fraction of sp³-hybridized carbons (Fsp3) is 0.400. The van der Waals surface area contributed by atoms with Gasteiger partial charge in [-0.2, -0.15) is 0 Å². The van der Waals surface area contributed by atoms with Crippen LogP contribution in [0.2, 0.25) is 0 Å². The molecule has 0 bridgehead atoms. The van der Waals surface area contributed by atoms with Crippen molar-refractivity contribution in [3.63, 3.8) is 0 Å². The Morgan fingerprint density at radius 2 is 2.12 bits per heavy atom. The van der Waals surface area contributed by atoms with Gasteiger partial charge in [0.1, 0.15) is 0 Å². The van der Waals surface area contributed by atoms with Crippen LogP contribution in [-0.2, 0) is 9.59 Å². The van der Waals surface area contributed by atoms with E-state index >= 15 is 0 Å². The van der Waals surface area contributed by atoms with Gasteiger partial charge in [-0.25, -0.2) is 9.97 Å². The molecule has 2 rings (SSSR count). The average Bonchev–Trinajstić information content (AvgIpc) is 2.29. The van der Waals surface area contributed by atoms with Crippen LogP contribution in [-0.4, -0.2) is 27.5 Å². The summed E-state index contributed by atoms with van der Waals surface area (Å²) in [6.45, 7) is 0. The van der Waals surface area contributed by atoms with Crippen molar-refractivity contribution in [3.05, 3.63) is 18.5 Å². The smallest absolute Gasteiger partial charge is 0.230 e. The van der Waals surface area contributed by atoms with Crippen LogP contribution in [0.25, 0.3) is 0 Å². The molecule has 1 N–H and O–H groups in total. The van der Waals surface area contributed by atoms with E-state index in [-0.39, 0.29) is 17.7 Å². The minimum Gasteiger partial charge on any atom is -0.296 e. The zero-order valence-electron chi connectivity index (χ0n) is 8.55. The molecule has 2 heterocycles. The van der Waals surface area contributed by atoms with Crippen LogP contribution in [0.1, 0.15) is 12.8 Å². The summed E-state index contributed by atoms with van der Waals surface area (Å²) >= 11 is 1.44. The highest BCUT2D eigenvalue weighted by Gasteiger charge is 2.26. The molecule has 5 nitrogen and oxygen atoms in total. The number of nitrogens with zero attached hydrogens (tertiary/aromatic N) is 2. The van der Waals surface area contributed by atoms with Crippen LogP contribution in [0, 0.1) is 5.92 Å². The van der Waals surface area contributed by atoms with Crippen molar-refractivity contribution in [2.75, 3.05) is 5.75 Å². The summed E-state index contributed by atoms with van der Waals surface area (Å²) in [5.41, 5.74) is 0. The Labute approximate surface area is 97.1 Å². The van der Waals surface area contributed by atoms with E-state index in [2.05, 4.69) is 15.3 Å². The van der Waals surface area contributed by atoms with Crippen molar-refractivity contribution in [1.82, 2.24) is 15.3 Å². The van der Waals surface area contributed by atoms with Gasteiger partial charge in [0.15, 0.2) is 5.16 Å². The zero-order valence-corrected chi connectivity index (χ0v) is 9.37. The highest BCUT2D eigenvalue weighted by Crippen LogP contribution is 2.21. The molecule has 1 aliphatic heterocycles. The summed E-state index contributed by atoms with van der Waals surface area (Å²) in [6.07, 6.45) is 4.37. The molecule has 6 heteroatoms. The molecule has 84 valence electrons. The number of hydrogen-bond acceptors (Lipinski definition) is 5. The molecule has 0 saturated carbocycles. The van der Waals surface area contributed by atoms with E-state index in [1.54, 1.807) is 18.5 Å². The number of rotatable bonds is 3. The van der Waals surface area contributed by atoms with Crippen molar-refractivity contribution in [3.8, 4) is 0 Å². The van der Waals surface area contributed by atoms with E-state index in [0.717, 1.165) is 0 Å². The van der Waals surface area contributed by atoms with Gasteiger partial charge in [0.25, 0.3) is 0 Å². The molecule has 16 heavy (non-hydrogen) atoms. The third kappa shape index (κ3) is 2.79. The lowest BCUT2D eigenvalue weighted by Gasteiger charge is -2.19. The first kappa shape index (κ1) is 11.1. The van der Waals surface area contributed by atoms with E-state index in [1.165, 1.54) is 11.8 Å². The Hall–Kier alpha value is -1.43. The number of nitrogens with one attached hydrogen (secondary N) is 1. The molecular formula is C10H11N3O2S. The van der Waals surface area contributed by atoms with Gasteiger partial charge >= 0.3 is 0 Å². The van der Waals surface area contributed by atoms with Crippen LogP contribution >= 0.6 is 11.8 Å². The molecule has 0 aliphatic carbocycles. The SMILES string of the molecule is O=C1CCC(CSc2ncccn2)C(=O)N1. The number of thioether (sulfide) groups is 1. The summed E-state index contributed by atoms with van der Waals surface area (Å²) in [4.78, 5) is 30.5. The average molecular weight is 237 g/mol. The number of carbonyl (C=O) groups is 2. The van der Waals surface area contributed by atoms with E-state index in [1.807, 2.05) is 0 Å². The first-order chi connectivity index (χ1) is 7.75. The molecule has 2 amide bonds. The van der Waals surface area contributed by atoms with E-state index in [0.29, 0.717) is 23.8 Å². The largest absolute Gasteiger partial charge is 0.296 e. The van der Waals surface area contributed by atoms with Crippen molar-refractivity contribution in [2.24, 2.45) is 5.92 Å². The normalized spacial score (nSPS) is 20.6. The van der Waals surface area contributed by atoms with Gasteiger partial charge in [-0.05, 0) is 12.5 Å². The molecule has 0 aromatic carbocycles. The fourth-order valence-corrected chi connectivity index (χ4v) is 2.37. The van der Waals surface area contributed by atoms with Crippen molar-refractivity contribution in [1.29, 1.82) is 0 Å². The molecule has 1 aliphatic rings. The second-order valence-electron chi connectivity index (χ2n) is 3.49. The summed E-state index contributed by atoms with van der Waals surface area (Å²) in [5, 5.41) is 2.99. The predicted octanol–water partition coefficient (Wildman–Crippen LogP) is 0.621. The maximum Gasteiger partial charge on any atom is 0.230 e. The third-order valence-electron chi connectivity index (χ3n) is 2.31. The molecule has 1 aromatic rings. The molecule has 0 radical (unpaired) electrons. The van der Waals surface area contributed by atoms with Crippen LogP contribution in [0.5, 0.6) is 0 Å². The van der Waals surface area contributed by atoms with Crippen molar-refractivity contribution >= 4 is 23.6 Å². The Balaban J connectivity index is 1.87. The molecule has 1 fully saturated rings. The van der Waals surface area contributed by atoms with Gasteiger partial charge in [-0.15, -0.1) is 0 Å². The highest BCUT2D eigenvalue weighted by atomic mass is 32.2. The number of imide groups is 1. The van der Waals surface area contributed by atoms with E-state index < -0.39 is 0 Å². The molecule has 0 spiro atoms. The van der Waals surface area contributed by atoms with Crippen LogP contribution in [0.3, 0.4) is 0 Å². The van der Waals surface area contributed by atoms with Crippen LogP contribution < -0.4 is 5.32 Å². The van der Waals surface area contributed by atoms with E-state index in [9.17, 15) is 9.59 Å². The fourth-order valence-electron chi connectivity index (χ4n) is 1.43. The molecule has 1 saturated heterocycles. The van der Waals surface area contributed by atoms with Crippen molar-refractivity contribution < 1.29 is 9.59 Å². The Bertz CT molecular complexity index is 396. The van der Waals surface area contributed by atoms with Crippen LogP contribution in [0.15, 0.2) is 23.6 Å². The summed E-state index contributed by atoms with van der Waals surface area (Å²) < 4.78 is 0. The number of carbonyl (C=O) groups excluding carboxylic acids is 2. The standard InChI is InChI=1S/C10H11N3O2S/c14-8-3-2-7(9(15)13-8)6-16-10-11-4-1-5-12-10/h1,4-5,7H,2-3,6H2,(H,13,14,15). The topological polar surface area (TPSA) is 72.0 Å². The van der Waals surface area contributed by atoms with Gasteiger partial charge in [-0.1, -0.05) is 11.8 Å². The second kappa shape index (κ2) is 5.07. The number of amides is 2. The Kier molecular flexibility index (Phi) is 3.51. The predicted molar refractivity (Wildman–Crippen MR) is 58.6 cm³/mol. The number of hydrogen-bond donors (Lipinski definition) is 1. The second-order valence-corrected chi connectivity index (χ2v) is 4.48. The third-order valence-corrected chi connectivity index (χ3v) is 3.35. The van der Waals surface area contributed by atoms with Crippen molar-refractivity contribution in [2.45, 2.75) is 18.0 Å². The monoisotopic (exact) mass is 237 g/mol. The van der Waals surface area contributed by atoms with Gasteiger partial charge in [-0.3, -0.25) is 14.9 Å². The van der Waals surface area contributed by atoms with Gasteiger partial charge in [0, 0.05) is 30.5 Å². The van der Waals surface area contributed by atoms with Gasteiger partial charge in [0.05, 0.1) is 0 Å². The maximum absolute atomic E-state index is 11.4. The minimum absolute atomic E-state index is 0.119. The van der Waals surface area contributed by atoms with Gasteiger partial charge in [0.2, 0.25) is 11.8 Å². The summed E-state index contributed by atoms with van der Waals surface area (Å²) in [6, 6.07) is 1.75. The Morgan fingerprint density at radius 1 is 1.38 bits per heavy atom. The molecule has 1 atom stereocenters. The summed E-state index contributed by atoms with van der Waals surface area (Å²) in [5.74, 6) is 0.136. The van der Waals surface area contributed by atoms with Crippen LogP contribution in [0.4, 0.5) is 0 Å². The Morgan fingerprint density at radius 3 is 2.81 bits per heavy atom. The lowest BCUT2D eigenvalue weighted by Crippen LogP contribution is -2.41. The lowest BCUT2D eigenvalue weighted by atomic mass is 10.0. The lowest BCUT2D eigenvalue weighted by molar-refractivity contribution is -0.135. The first-order valence-corrected chi connectivity index (χ1v) is 5.98. The minimum atomic E-state index is -0.181. The van der Waals surface area contributed by atoms with E-state index in [4.69, 9.17) is 0 Å². The number of piperidine rings is 1. The summed E-state index contributed by atoms with van der Waals surface area (Å²) in [7, 11) is 0. The zero-order chi connectivity index (χ0) is 11.4.